The van der Waals surface area contributed by atoms with Crippen LogP contribution in [0.1, 0.15) is 11.6 Å². The highest BCUT2D eigenvalue weighted by Crippen LogP contribution is 2.31. The fourth-order valence-electron chi connectivity index (χ4n) is 3.37. The molecule has 33 heavy (non-hydrogen) atoms. The minimum absolute atomic E-state index is 0.325. The van der Waals surface area contributed by atoms with Gasteiger partial charge in [-0.05, 0) is 43.3 Å². The number of pyridine rings is 2. The lowest BCUT2D eigenvalue weighted by Gasteiger charge is -2.19. The molecule has 0 saturated heterocycles. The first kappa shape index (κ1) is 20.8. The summed E-state index contributed by atoms with van der Waals surface area (Å²) >= 11 is 6.54. The van der Waals surface area contributed by atoms with Crippen LogP contribution in [-0.2, 0) is 6.54 Å². The smallest absolute Gasteiger partial charge is 0.249 e. The van der Waals surface area contributed by atoms with Crippen LogP contribution in [0.15, 0.2) is 71.5 Å². The number of anilines is 1. The molecule has 0 atom stereocenters. The molecule has 0 aliphatic heterocycles. The van der Waals surface area contributed by atoms with E-state index in [1.54, 1.807) is 18.6 Å². The predicted octanol–water partition coefficient (Wildman–Crippen LogP) is 4.37. The average Bonchev–Trinajstić information content (AvgIpc) is 3.48. The average molecular weight is 459 g/mol. The predicted molar refractivity (Wildman–Crippen MR) is 124 cm³/mol. The maximum Gasteiger partial charge on any atom is 0.249 e. The zero-order valence-corrected chi connectivity index (χ0v) is 18.7. The maximum atomic E-state index is 6.54. The van der Waals surface area contributed by atoms with E-state index in [0.717, 1.165) is 22.5 Å². The van der Waals surface area contributed by atoms with E-state index in [1.165, 1.54) is 0 Å². The van der Waals surface area contributed by atoms with Crippen LogP contribution in [0.5, 0.6) is 0 Å². The summed E-state index contributed by atoms with van der Waals surface area (Å²) in [6.07, 6.45) is 5.14. The third kappa shape index (κ3) is 4.18. The van der Waals surface area contributed by atoms with E-state index in [0.29, 0.717) is 35.1 Å². The first-order valence-corrected chi connectivity index (χ1v) is 10.5. The molecular formula is C23H19ClN8O. The number of halogens is 1. The van der Waals surface area contributed by atoms with E-state index in [-0.39, 0.29) is 0 Å². The van der Waals surface area contributed by atoms with Gasteiger partial charge in [-0.1, -0.05) is 23.7 Å². The molecule has 0 amide bonds. The standard InChI is InChI=1S/C23H19ClN8O/c1-15-7-8-17(13-26-15)22-29-27-20(33-22)14-31(2)23-30-28-21(16-9-11-25-12-10-16)32(23)19-6-4-3-5-18(19)24/h3-13H,14H2,1-2H3. The van der Waals surface area contributed by atoms with Gasteiger partial charge in [-0.25, -0.2) is 0 Å². The van der Waals surface area contributed by atoms with Crippen LogP contribution < -0.4 is 4.90 Å². The van der Waals surface area contributed by atoms with Crippen molar-refractivity contribution in [3.8, 4) is 28.5 Å². The minimum atomic E-state index is 0.325. The number of nitrogens with zero attached hydrogens (tertiary/aromatic N) is 8. The van der Waals surface area contributed by atoms with Crippen molar-refractivity contribution >= 4 is 17.5 Å². The number of rotatable bonds is 6. The molecule has 0 spiro atoms. The second kappa shape index (κ2) is 8.79. The van der Waals surface area contributed by atoms with Crippen LogP contribution in [0.4, 0.5) is 5.95 Å². The molecule has 0 aliphatic carbocycles. The Morgan fingerprint density at radius 3 is 2.52 bits per heavy atom. The molecule has 0 bridgehead atoms. The van der Waals surface area contributed by atoms with Gasteiger partial charge >= 0.3 is 0 Å². The number of hydrogen-bond donors (Lipinski definition) is 0. The highest BCUT2D eigenvalue weighted by Gasteiger charge is 2.22. The Hall–Kier alpha value is -4.11. The monoisotopic (exact) mass is 458 g/mol. The number of para-hydroxylation sites is 1. The Morgan fingerprint density at radius 2 is 1.76 bits per heavy atom. The molecule has 4 aromatic heterocycles. The minimum Gasteiger partial charge on any atom is -0.419 e. The normalized spacial score (nSPS) is 11.0. The first-order valence-electron chi connectivity index (χ1n) is 10.2. The third-order valence-electron chi connectivity index (χ3n) is 5.02. The summed E-state index contributed by atoms with van der Waals surface area (Å²) in [6.45, 7) is 2.25. The fraction of sp³-hybridized carbons (Fsp3) is 0.130. The Kier molecular flexibility index (Phi) is 5.54. The lowest BCUT2D eigenvalue weighted by Crippen LogP contribution is -2.21. The zero-order chi connectivity index (χ0) is 22.8. The van der Waals surface area contributed by atoms with Crippen molar-refractivity contribution in [2.24, 2.45) is 0 Å². The van der Waals surface area contributed by atoms with Gasteiger partial charge in [0.2, 0.25) is 17.7 Å². The quantitative estimate of drug-likeness (QED) is 0.370. The Labute approximate surface area is 194 Å². The molecule has 9 nitrogen and oxygen atoms in total. The molecule has 5 rings (SSSR count). The first-order chi connectivity index (χ1) is 16.1. The van der Waals surface area contributed by atoms with Gasteiger partial charge in [0.25, 0.3) is 0 Å². The molecule has 4 heterocycles. The van der Waals surface area contributed by atoms with Gasteiger partial charge in [-0.3, -0.25) is 14.5 Å². The Bertz CT molecular complexity index is 1380. The summed E-state index contributed by atoms with van der Waals surface area (Å²) in [5.74, 6) is 2.07. The second-order valence-corrected chi connectivity index (χ2v) is 7.80. The SMILES string of the molecule is Cc1ccc(-c2nnc(CN(C)c3nnc(-c4ccncc4)n3-c3ccccc3Cl)o2)cn1. The van der Waals surface area contributed by atoms with Crippen LogP contribution in [0.3, 0.4) is 0 Å². The highest BCUT2D eigenvalue weighted by molar-refractivity contribution is 6.32. The molecule has 164 valence electrons. The highest BCUT2D eigenvalue weighted by atomic mass is 35.5. The van der Waals surface area contributed by atoms with Crippen molar-refractivity contribution in [3.63, 3.8) is 0 Å². The number of benzene rings is 1. The van der Waals surface area contributed by atoms with E-state index in [1.807, 2.05) is 72.0 Å². The molecule has 0 fully saturated rings. The largest absolute Gasteiger partial charge is 0.419 e. The molecule has 0 radical (unpaired) electrons. The molecule has 1 aromatic carbocycles. The van der Waals surface area contributed by atoms with Crippen molar-refractivity contribution in [3.05, 3.63) is 83.7 Å². The van der Waals surface area contributed by atoms with Gasteiger partial charge in [0.05, 0.1) is 22.8 Å². The van der Waals surface area contributed by atoms with Crippen LogP contribution in [0.2, 0.25) is 5.02 Å². The van der Waals surface area contributed by atoms with Crippen molar-refractivity contribution in [1.29, 1.82) is 0 Å². The molecule has 0 saturated carbocycles. The number of hydrogen-bond acceptors (Lipinski definition) is 8. The number of aromatic nitrogens is 7. The summed E-state index contributed by atoms with van der Waals surface area (Å²) in [7, 11) is 1.88. The van der Waals surface area contributed by atoms with Crippen molar-refractivity contribution in [2.45, 2.75) is 13.5 Å². The molecule has 10 heteroatoms. The summed E-state index contributed by atoms with van der Waals surface area (Å²) in [6, 6.07) is 15.1. The van der Waals surface area contributed by atoms with Crippen LogP contribution in [0.25, 0.3) is 28.5 Å². The van der Waals surface area contributed by atoms with Crippen molar-refractivity contribution in [1.82, 2.24) is 34.9 Å². The van der Waals surface area contributed by atoms with Crippen LogP contribution >= 0.6 is 11.6 Å². The van der Waals surface area contributed by atoms with E-state index in [2.05, 4.69) is 30.4 Å². The fourth-order valence-corrected chi connectivity index (χ4v) is 3.59. The van der Waals surface area contributed by atoms with Gasteiger partial charge < -0.3 is 9.32 Å². The summed E-state index contributed by atoms with van der Waals surface area (Å²) in [5, 5.41) is 17.8. The molecule has 5 aromatic rings. The third-order valence-corrected chi connectivity index (χ3v) is 5.34. The summed E-state index contributed by atoms with van der Waals surface area (Å²) < 4.78 is 7.77. The summed E-state index contributed by atoms with van der Waals surface area (Å²) in [4.78, 5) is 10.3. The van der Waals surface area contributed by atoms with Gasteiger partial charge in [-0.2, -0.15) is 0 Å². The van der Waals surface area contributed by atoms with Crippen LogP contribution in [-0.4, -0.2) is 42.0 Å². The van der Waals surface area contributed by atoms with E-state index in [9.17, 15) is 0 Å². The molecule has 0 unspecified atom stereocenters. The topological polar surface area (TPSA) is 98.7 Å². The van der Waals surface area contributed by atoms with Crippen molar-refractivity contribution < 1.29 is 4.42 Å². The number of aryl methyl sites for hydroxylation is 1. The Morgan fingerprint density at radius 1 is 0.939 bits per heavy atom. The van der Waals surface area contributed by atoms with Gasteiger partial charge in [0, 0.05) is 36.9 Å². The Balaban J connectivity index is 1.50. The summed E-state index contributed by atoms with van der Waals surface area (Å²) in [5.41, 5.74) is 3.31. The molecule has 0 aliphatic rings. The van der Waals surface area contributed by atoms with Crippen molar-refractivity contribution in [2.75, 3.05) is 11.9 Å². The molecular weight excluding hydrogens is 440 g/mol. The lowest BCUT2D eigenvalue weighted by atomic mass is 10.2. The zero-order valence-electron chi connectivity index (χ0n) is 17.9. The van der Waals surface area contributed by atoms with Gasteiger partial charge in [-0.15, -0.1) is 20.4 Å². The van der Waals surface area contributed by atoms with Crippen LogP contribution in [0, 0.1) is 6.92 Å². The second-order valence-electron chi connectivity index (χ2n) is 7.39. The van der Waals surface area contributed by atoms with Gasteiger partial charge in [0.15, 0.2) is 5.82 Å². The maximum absolute atomic E-state index is 6.54. The van der Waals surface area contributed by atoms with E-state index >= 15 is 0 Å². The van der Waals surface area contributed by atoms with Gasteiger partial charge in [0.1, 0.15) is 0 Å². The molecule has 0 N–H and O–H groups in total. The lowest BCUT2D eigenvalue weighted by molar-refractivity contribution is 0.501. The van der Waals surface area contributed by atoms with E-state index in [4.69, 9.17) is 16.0 Å². The van der Waals surface area contributed by atoms with E-state index < -0.39 is 0 Å².